The lowest BCUT2D eigenvalue weighted by molar-refractivity contribution is 0.245. The third-order valence-corrected chi connectivity index (χ3v) is 3.40. The van der Waals surface area contributed by atoms with Crippen LogP contribution in [0.1, 0.15) is 40.5 Å². The Morgan fingerprint density at radius 1 is 1.36 bits per heavy atom. The highest BCUT2D eigenvalue weighted by molar-refractivity contribution is 4.95. The fourth-order valence-electron chi connectivity index (χ4n) is 2.69. The molecule has 1 rings (SSSR count). The van der Waals surface area contributed by atoms with Crippen LogP contribution < -0.4 is 5.73 Å². The van der Waals surface area contributed by atoms with Gasteiger partial charge in [0.1, 0.15) is 0 Å². The lowest BCUT2D eigenvalue weighted by atomic mass is 9.80. The maximum Gasteiger partial charge on any atom is -0.00204 e. The summed E-state index contributed by atoms with van der Waals surface area (Å²) in [4.78, 5) is 0. The van der Waals surface area contributed by atoms with Crippen molar-refractivity contribution in [1.82, 2.24) is 0 Å². The van der Waals surface area contributed by atoms with Gasteiger partial charge in [-0.2, -0.15) is 0 Å². The summed E-state index contributed by atoms with van der Waals surface area (Å²) in [6, 6.07) is 0. The van der Waals surface area contributed by atoms with E-state index < -0.39 is 0 Å². The summed E-state index contributed by atoms with van der Waals surface area (Å²) in [5, 5.41) is 0. The minimum atomic E-state index is 0.406. The van der Waals surface area contributed by atoms with E-state index in [9.17, 15) is 0 Å². The first-order valence-corrected chi connectivity index (χ1v) is 4.60. The maximum atomic E-state index is 5.78. The molecular formula is C10H21N. The van der Waals surface area contributed by atoms with Crippen LogP contribution in [-0.4, -0.2) is 6.54 Å². The molecule has 0 aromatic carbocycles. The van der Waals surface area contributed by atoms with Gasteiger partial charge in [0, 0.05) is 0 Å². The summed E-state index contributed by atoms with van der Waals surface area (Å²) in [7, 11) is 0. The molecule has 0 amide bonds. The first-order valence-electron chi connectivity index (χ1n) is 4.60. The molecule has 1 aliphatic rings. The lowest BCUT2D eigenvalue weighted by Gasteiger charge is -2.27. The molecule has 11 heavy (non-hydrogen) atoms. The zero-order valence-corrected chi connectivity index (χ0v) is 8.28. The van der Waals surface area contributed by atoms with E-state index in [0.29, 0.717) is 10.8 Å². The SMILES string of the molecule is C[C@H]1CC(C)(C)C[C@@]1(C)CN. The van der Waals surface area contributed by atoms with Crippen molar-refractivity contribution in [2.24, 2.45) is 22.5 Å². The van der Waals surface area contributed by atoms with Gasteiger partial charge in [-0.3, -0.25) is 0 Å². The first kappa shape index (κ1) is 9.05. The maximum absolute atomic E-state index is 5.78. The first-order chi connectivity index (χ1) is 4.90. The molecule has 1 saturated carbocycles. The Balaban J connectivity index is 2.73. The third kappa shape index (κ3) is 1.58. The minimum Gasteiger partial charge on any atom is -0.330 e. The Morgan fingerprint density at radius 2 is 1.91 bits per heavy atom. The average molecular weight is 155 g/mol. The highest BCUT2D eigenvalue weighted by Gasteiger charge is 2.44. The second-order valence-corrected chi connectivity index (χ2v) is 5.30. The van der Waals surface area contributed by atoms with Crippen molar-refractivity contribution in [3.05, 3.63) is 0 Å². The molecule has 66 valence electrons. The summed E-state index contributed by atoms with van der Waals surface area (Å²) in [6.45, 7) is 10.2. The van der Waals surface area contributed by atoms with Gasteiger partial charge in [0.2, 0.25) is 0 Å². The van der Waals surface area contributed by atoms with E-state index in [2.05, 4.69) is 27.7 Å². The molecule has 2 N–H and O–H groups in total. The van der Waals surface area contributed by atoms with Crippen molar-refractivity contribution >= 4 is 0 Å². The quantitative estimate of drug-likeness (QED) is 0.618. The van der Waals surface area contributed by atoms with Crippen LogP contribution in [0.15, 0.2) is 0 Å². The second kappa shape index (κ2) is 2.48. The fraction of sp³-hybridized carbons (Fsp3) is 1.00. The van der Waals surface area contributed by atoms with E-state index in [1.807, 2.05) is 0 Å². The molecule has 1 aliphatic carbocycles. The molecule has 0 aromatic rings. The summed E-state index contributed by atoms with van der Waals surface area (Å²) < 4.78 is 0. The summed E-state index contributed by atoms with van der Waals surface area (Å²) in [6.07, 6.45) is 2.62. The van der Waals surface area contributed by atoms with Gasteiger partial charge >= 0.3 is 0 Å². The highest BCUT2D eigenvalue weighted by atomic mass is 14.6. The number of rotatable bonds is 1. The minimum absolute atomic E-state index is 0.406. The van der Waals surface area contributed by atoms with Gasteiger partial charge in [-0.15, -0.1) is 0 Å². The Morgan fingerprint density at radius 3 is 2.09 bits per heavy atom. The zero-order chi connectivity index (χ0) is 8.70. The Hall–Kier alpha value is -0.0400. The molecule has 1 heteroatoms. The van der Waals surface area contributed by atoms with Crippen LogP contribution in [0.2, 0.25) is 0 Å². The van der Waals surface area contributed by atoms with Gasteiger partial charge in [-0.05, 0) is 36.1 Å². The van der Waals surface area contributed by atoms with Crippen LogP contribution in [0.5, 0.6) is 0 Å². The van der Waals surface area contributed by atoms with E-state index in [0.717, 1.165) is 12.5 Å². The molecule has 0 aliphatic heterocycles. The van der Waals surface area contributed by atoms with Crippen LogP contribution in [-0.2, 0) is 0 Å². The van der Waals surface area contributed by atoms with E-state index in [1.165, 1.54) is 12.8 Å². The second-order valence-electron chi connectivity index (χ2n) is 5.30. The molecule has 0 bridgehead atoms. The van der Waals surface area contributed by atoms with Crippen molar-refractivity contribution in [3.8, 4) is 0 Å². The molecule has 0 aromatic heterocycles. The predicted octanol–water partition coefficient (Wildman–Crippen LogP) is 2.41. The van der Waals surface area contributed by atoms with Gasteiger partial charge in [-0.25, -0.2) is 0 Å². The summed E-state index contributed by atoms with van der Waals surface area (Å²) in [5.41, 5.74) is 6.71. The number of hydrogen-bond donors (Lipinski definition) is 1. The van der Waals surface area contributed by atoms with Gasteiger partial charge in [0.05, 0.1) is 0 Å². The number of nitrogens with two attached hydrogens (primary N) is 1. The lowest BCUT2D eigenvalue weighted by Crippen LogP contribution is -2.29. The molecular weight excluding hydrogens is 134 g/mol. The zero-order valence-electron chi connectivity index (χ0n) is 8.28. The largest absolute Gasteiger partial charge is 0.330 e. The highest BCUT2D eigenvalue weighted by Crippen LogP contribution is 2.51. The van der Waals surface area contributed by atoms with E-state index in [-0.39, 0.29) is 0 Å². The molecule has 0 unspecified atom stereocenters. The molecule has 0 spiro atoms. The van der Waals surface area contributed by atoms with Crippen molar-refractivity contribution in [1.29, 1.82) is 0 Å². The normalized spacial score (nSPS) is 42.8. The van der Waals surface area contributed by atoms with Crippen LogP contribution in [0, 0.1) is 16.7 Å². The summed E-state index contributed by atoms with van der Waals surface area (Å²) >= 11 is 0. The van der Waals surface area contributed by atoms with Crippen LogP contribution in [0.25, 0.3) is 0 Å². The molecule has 0 radical (unpaired) electrons. The van der Waals surface area contributed by atoms with E-state index in [1.54, 1.807) is 0 Å². The standard InChI is InChI=1S/C10H21N/c1-8-5-9(2,3)6-10(8,4)7-11/h8H,5-7,11H2,1-4H3/t8-,10-/m0/s1. The topological polar surface area (TPSA) is 26.0 Å². The van der Waals surface area contributed by atoms with E-state index in [4.69, 9.17) is 5.73 Å². The van der Waals surface area contributed by atoms with Crippen LogP contribution >= 0.6 is 0 Å². The van der Waals surface area contributed by atoms with Gasteiger partial charge in [0.15, 0.2) is 0 Å². The van der Waals surface area contributed by atoms with Crippen LogP contribution in [0.3, 0.4) is 0 Å². The molecule has 0 heterocycles. The Kier molecular flexibility index (Phi) is 2.04. The average Bonchev–Trinajstić information content (AvgIpc) is 2.03. The molecule has 2 atom stereocenters. The van der Waals surface area contributed by atoms with Crippen molar-refractivity contribution in [3.63, 3.8) is 0 Å². The Bertz CT molecular complexity index is 151. The van der Waals surface area contributed by atoms with Crippen molar-refractivity contribution < 1.29 is 0 Å². The number of hydrogen-bond acceptors (Lipinski definition) is 1. The van der Waals surface area contributed by atoms with Crippen LogP contribution in [0.4, 0.5) is 0 Å². The predicted molar refractivity (Wildman–Crippen MR) is 49.3 cm³/mol. The van der Waals surface area contributed by atoms with E-state index >= 15 is 0 Å². The smallest absolute Gasteiger partial charge is 0.00204 e. The monoisotopic (exact) mass is 155 g/mol. The molecule has 0 saturated heterocycles. The third-order valence-electron chi connectivity index (χ3n) is 3.40. The van der Waals surface area contributed by atoms with Gasteiger partial charge < -0.3 is 5.73 Å². The Labute approximate surface area is 70.4 Å². The molecule has 1 nitrogen and oxygen atoms in total. The van der Waals surface area contributed by atoms with Crippen molar-refractivity contribution in [2.45, 2.75) is 40.5 Å². The van der Waals surface area contributed by atoms with Gasteiger partial charge in [0.25, 0.3) is 0 Å². The van der Waals surface area contributed by atoms with Crippen molar-refractivity contribution in [2.75, 3.05) is 6.54 Å². The summed E-state index contributed by atoms with van der Waals surface area (Å²) in [5.74, 6) is 0.794. The van der Waals surface area contributed by atoms with Gasteiger partial charge in [-0.1, -0.05) is 27.7 Å². The fourth-order valence-corrected chi connectivity index (χ4v) is 2.69. The molecule has 1 fully saturated rings.